The van der Waals surface area contributed by atoms with Crippen LogP contribution in [0.5, 0.6) is 0 Å². The molecule has 1 aliphatic carbocycles. The van der Waals surface area contributed by atoms with E-state index in [1.54, 1.807) is 0 Å². The Morgan fingerprint density at radius 3 is 2.39 bits per heavy atom. The third-order valence-electron chi connectivity index (χ3n) is 3.63. The highest BCUT2D eigenvalue weighted by molar-refractivity contribution is 5.24. The molecular formula is C13H16F3NO. The van der Waals surface area contributed by atoms with Crippen molar-refractivity contribution in [3.63, 3.8) is 0 Å². The van der Waals surface area contributed by atoms with Gasteiger partial charge in [0.15, 0.2) is 11.6 Å². The number of aliphatic hydroxyl groups excluding tert-OH is 1. The zero-order valence-electron chi connectivity index (χ0n) is 9.87. The van der Waals surface area contributed by atoms with Crippen LogP contribution in [-0.2, 0) is 0 Å². The van der Waals surface area contributed by atoms with Gasteiger partial charge in [-0.1, -0.05) is 12.8 Å². The Hall–Kier alpha value is -1.07. The van der Waals surface area contributed by atoms with Crippen LogP contribution in [0.4, 0.5) is 13.2 Å². The van der Waals surface area contributed by atoms with Crippen molar-refractivity contribution in [3.8, 4) is 0 Å². The maximum atomic E-state index is 13.5. The van der Waals surface area contributed by atoms with Gasteiger partial charge in [-0.25, -0.2) is 13.2 Å². The number of benzene rings is 1. The molecule has 100 valence electrons. The van der Waals surface area contributed by atoms with Gasteiger partial charge in [0.2, 0.25) is 0 Å². The van der Waals surface area contributed by atoms with Gasteiger partial charge in [0.1, 0.15) is 5.82 Å². The predicted molar refractivity (Wildman–Crippen MR) is 61.2 cm³/mol. The van der Waals surface area contributed by atoms with E-state index in [2.05, 4.69) is 0 Å². The molecule has 1 fully saturated rings. The zero-order chi connectivity index (χ0) is 13.3. The summed E-state index contributed by atoms with van der Waals surface area (Å²) in [6.45, 7) is 0. The van der Waals surface area contributed by atoms with E-state index in [-0.39, 0.29) is 11.5 Å². The van der Waals surface area contributed by atoms with Gasteiger partial charge in [0, 0.05) is 11.6 Å². The molecule has 0 radical (unpaired) electrons. The monoisotopic (exact) mass is 259 g/mol. The summed E-state index contributed by atoms with van der Waals surface area (Å²) in [6.07, 6.45) is 2.65. The van der Waals surface area contributed by atoms with Crippen LogP contribution in [0.3, 0.4) is 0 Å². The molecule has 0 aliphatic heterocycles. The second-order valence-electron chi connectivity index (χ2n) is 4.85. The molecule has 1 aromatic rings. The minimum Gasteiger partial charge on any atom is -0.391 e. The minimum atomic E-state index is -1.28. The Bertz CT molecular complexity index is 432. The number of hydrogen-bond acceptors (Lipinski definition) is 2. The number of aliphatic hydroxyl groups is 1. The van der Waals surface area contributed by atoms with Crippen LogP contribution in [0.1, 0.15) is 37.3 Å². The molecule has 0 saturated heterocycles. The fourth-order valence-corrected chi connectivity index (χ4v) is 2.59. The van der Waals surface area contributed by atoms with E-state index in [4.69, 9.17) is 5.73 Å². The van der Waals surface area contributed by atoms with Crippen LogP contribution in [0.2, 0.25) is 0 Å². The largest absolute Gasteiger partial charge is 0.391 e. The minimum absolute atomic E-state index is 0.0225. The first-order valence-electron chi connectivity index (χ1n) is 6.09. The summed E-state index contributed by atoms with van der Waals surface area (Å²) >= 11 is 0. The SMILES string of the molecule is N[C@H](c1cc(F)cc(F)c1F)[C@@H](O)C1CCCC1. The zero-order valence-corrected chi connectivity index (χ0v) is 9.87. The summed E-state index contributed by atoms with van der Waals surface area (Å²) in [5.41, 5.74) is 5.43. The first-order valence-corrected chi connectivity index (χ1v) is 6.09. The standard InChI is InChI=1S/C13H16F3NO/c14-8-5-9(11(16)10(15)6-8)12(17)13(18)7-3-1-2-4-7/h5-7,12-13,18H,1-4,17H2/t12-,13+/m1/s1. The number of hydrogen-bond donors (Lipinski definition) is 2. The topological polar surface area (TPSA) is 46.2 Å². The lowest BCUT2D eigenvalue weighted by Crippen LogP contribution is -2.32. The lowest BCUT2D eigenvalue weighted by Gasteiger charge is -2.25. The first-order chi connectivity index (χ1) is 8.50. The molecule has 0 unspecified atom stereocenters. The summed E-state index contributed by atoms with van der Waals surface area (Å²) in [4.78, 5) is 0. The third kappa shape index (κ3) is 2.52. The molecule has 0 amide bonds. The van der Waals surface area contributed by atoms with Crippen LogP contribution < -0.4 is 5.73 Å². The Balaban J connectivity index is 2.24. The molecule has 1 aliphatic rings. The molecule has 0 aromatic heterocycles. The van der Waals surface area contributed by atoms with Crippen LogP contribution in [0, 0.1) is 23.4 Å². The van der Waals surface area contributed by atoms with Gasteiger partial charge in [0.25, 0.3) is 0 Å². The average molecular weight is 259 g/mol. The fourth-order valence-electron chi connectivity index (χ4n) is 2.59. The summed E-state index contributed by atoms with van der Waals surface area (Å²) in [5.74, 6) is -3.37. The highest BCUT2D eigenvalue weighted by Gasteiger charge is 2.31. The van der Waals surface area contributed by atoms with Gasteiger partial charge in [-0.2, -0.15) is 0 Å². The summed E-state index contributed by atoms with van der Waals surface area (Å²) in [7, 11) is 0. The van der Waals surface area contributed by atoms with Gasteiger partial charge in [-0.3, -0.25) is 0 Å². The van der Waals surface area contributed by atoms with Crippen molar-refractivity contribution in [2.45, 2.75) is 37.8 Å². The predicted octanol–water partition coefficient (Wildman–Crippen LogP) is 2.65. The molecule has 2 nitrogen and oxygen atoms in total. The normalized spacial score (nSPS) is 20.1. The molecule has 2 rings (SSSR count). The van der Waals surface area contributed by atoms with Crippen molar-refractivity contribution < 1.29 is 18.3 Å². The van der Waals surface area contributed by atoms with Crippen LogP contribution >= 0.6 is 0 Å². The van der Waals surface area contributed by atoms with Crippen LogP contribution in [-0.4, -0.2) is 11.2 Å². The van der Waals surface area contributed by atoms with E-state index in [1.165, 1.54) is 0 Å². The molecule has 0 heterocycles. The van der Waals surface area contributed by atoms with Crippen molar-refractivity contribution in [3.05, 3.63) is 35.1 Å². The smallest absolute Gasteiger partial charge is 0.163 e. The highest BCUT2D eigenvalue weighted by atomic mass is 19.2. The van der Waals surface area contributed by atoms with Crippen molar-refractivity contribution in [1.82, 2.24) is 0 Å². The van der Waals surface area contributed by atoms with Gasteiger partial charge in [-0.05, 0) is 24.8 Å². The second kappa shape index (κ2) is 5.28. The van der Waals surface area contributed by atoms with Crippen molar-refractivity contribution in [2.75, 3.05) is 0 Å². The van der Waals surface area contributed by atoms with Crippen LogP contribution in [0.25, 0.3) is 0 Å². The maximum absolute atomic E-state index is 13.5. The van der Waals surface area contributed by atoms with E-state index < -0.39 is 29.6 Å². The Morgan fingerprint density at radius 1 is 1.17 bits per heavy atom. The Morgan fingerprint density at radius 2 is 1.78 bits per heavy atom. The Kier molecular flexibility index (Phi) is 3.92. The van der Waals surface area contributed by atoms with Crippen molar-refractivity contribution in [1.29, 1.82) is 0 Å². The molecule has 2 atom stereocenters. The van der Waals surface area contributed by atoms with Crippen molar-refractivity contribution >= 4 is 0 Å². The summed E-state index contributed by atoms with van der Waals surface area (Å²) in [6, 6.07) is 0.215. The molecule has 1 saturated carbocycles. The van der Waals surface area contributed by atoms with Gasteiger partial charge in [0.05, 0.1) is 12.1 Å². The quantitative estimate of drug-likeness (QED) is 0.820. The van der Waals surface area contributed by atoms with Gasteiger partial charge in [-0.15, -0.1) is 0 Å². The highest BCUT2D eigenvalue weighted by Crippen LogP contribution is 2.33. The van der Waals surface area contributed by atoms with E-state index in [1.807, 2.05) is 0 Å². The van der Waals surface area contributed by atoms with Crippen LogP contribution in [0.15, 0.2) is 12.1 Å². The summed E-state index contributed by atoms with van der Waals surface area (Å²) in [5, 5.41) is 10.0. The van der Waals surface area contributed by atoms with Gasteiger partial charge < -0.3 is 10.8 Å². The first kappa shape index (κ1) is 13.4. The maximum Gasteiger partial charge on any atom is 0.163 e. The lowest BCUT2D eigenvalue weighted by molar-refractivity contribution is 0.0829. The second-order valence-corrected chi connectivity index (χ2v) is 4.85. The molecule has 18 heavy (non-hydrogen) atoms. The molecule has 5 heteroatoms. The van der Waals surface area contributed by atoms with E-state index >= 15 is 0 Å². The molecule has 0 spiro atoms. The van der Waals surface area contributed by atoms with Crippen molar-refractivity contribution in [2.24, 2.45) is 11.7 Å². The number of halogens is 3. The lowest BCUT2D eigenvalue weighted by atomic mass is 9.90. The number of rotatable bonds is 3. The summed E-state index contributed by atoms with van der Waals surface area (Å²) < 4.78 is 39.7. The van der Waals surface area contributed by atoms with E-state index in [0.717, 1.165) is 31.7 Å². The average Bonchev–Trinajstić information content (AvgIpc) is 2.85. The number of nitrogens with two attached hydrogens (primary N) is 1. The molecule has 0 bridgehead atoms. The molecule has 1 aromatic carbocycles. The fraction of sp³-hybridized carbons (Fsp3) is 0.538. The van der Waals surface area contributed by atoms with Gasteiger partial charge >= 0.3 is 0 Å². The van der Waals surface area contributed by atoms with E-state index in [9.17, 15) is 18.3 Å². The third-order valence-corrected chi connectivity index (χ3v) is 3.63. The van der Waals surface area contributed by atoms with E-state index in [0.29, 0.717) is 6.07 Å². The molecule has 3 N–H and O–H groups in total. The molecular weight excluding hydrogens is 243 g/mol. The Labute approximate surface area is 104 Å².